The molecule has 0 bridgehead atoms. The monoisotopic (exact) mass is 283 g/mol. The fraction of sp³-hybridized carbons (Fsp3) is 0.235. The molecule has 0 spiro atoms. The predicted octanol–water partition coefficient (Wildman–Crippen LogP) is 2.67. The lowest BCUT2D eigenvalue weighted by molar-refractivity contribution is 0.318. The minimum Gasteiger partial charge on any atom is -0.409 e. The average molecular weight is 283 g/mol. The summed E-state index contributed by atoms with van der Waals surface area (Å²) in [5.41, 5.74) is 8.79. The van der Waals surface area contributed by atoms with Gasteiger partial charge in [0.05, 0.1) is 0 Å². The van der Waals surface area contributed by atoms with Crippen molar-refractivity contribution in [3.8, 4) is 0 Å². The van der Waals surface area contributed by atoms with Crippen molar-refractivity contribution >= 4 is 5.84 Å². The van der Waals surface area contributed by atoms with E-state index in [1.54, 1.807) is 0 Å². The molecule has 0 fully saturated rings. The number of nitrogens with two attached hydrogens (primary N) is 1. The summed E-state index contributed by atoms with van der Waals surface area (Å²) in [6.07, 6.45) is 0. The van der Waals surface area contributed by atoms with E-state index < -0.39 is 0 Å². The molecule has 1 atom stereocenters. The lowest BCUT2D eigenvalue weighted by Gasteiger charge is -2.14. The quantitative estimate of drug-likeness (QED) is 0.330. The topological polar surface area (TPSA) is 70.6 Å². The highest BCUT2D eigenvalue weighted by Gasteiger charge is 2.08. The smallest absolute Gasteiger partial charge is 0.170 e. The molecule has 2 rings (SSSR count). The van der Waals surface area contributed by atoms with Gasteiger partial charge in [0.1, 0.15) is 0 Å². The molecule has 0 aromatic heterocycles. The van der Waals surface area contributed by atoms with Crippen LogP contribution in [0.1, 0.15) is 29.5 Å². The fourth-order valence-corrected chi connectivity index (χ4v) is 2.30. The van der Waals surface area contributed by atoms with Crippen LogP contribution < -0.4 is 11.1 Å². The zero-order chi connectivity index (χ0) is 15.1. The van der Waals surface area contributed by atoms with Crippen molar-refractivity contribution in [3.63, 3.8) is 0 Å². The van der Waals surface area contributed by atoms with Crippen molar-refractivity contribution < 1.29 is 5.21 Å². The maximum atomic E-state index is 8.82. The standard InChI is InChI=1S/C17H21N3O/c1-13(14-7-3-2-4-8-14)11-19-12-15-9-5-6-10-16(15)17(18)20-21/h2-10,13,19,21H,11-12H2,1H3,(H2,18,20). The zero-order valence-electron chi connectivity index (χ0n) is 12.2. The summed E-state index contributed by atoms with van der Waals surface area (Å²) >= 11 is 0. The molecule has 0 saturated carbocycles. The number of hydrogen-bond acceptors (Lipinski definition) is 3. The molecular weight excluding hydrogens is 262 g/mol. The summed E-state index contributed by atoms with van der Waals surface area (Å²) < 4.78 is 0. The first-order chi connectivity index (χ1) is 10.2. The highest BCUT2D eigenvalue weighted by molar-refractivity contribution is 5.98. The minimum absolute atomic E-state index is 0.142. The number of benzene rings is 2. The highest BCUT2D eigenvalue weighted by Crippen LogP contribution is 2.14. The van der Waals surface area contributed by atoms with Crippen molar-refractivity contribution in [1.29, 1.82) is 0 Å². The Bertz CT molecular complexity index is 596. The number of amidine groups is 1. The Labute approximate surface area is 125 Å². The first-order valence-corrected chi connectivity index (χ1v) is 7.04. The van der Waals surface area contributed by atoms with Gasteiger partial charge in [-0.15, -0.1) is 0 Å². The third kappa shape index (κ3) is 4.07. The average Bonchev–Trinajstić information content (AvgIpc) is 2.55. The second-order valence-corrected chi connectivity index (χ2v) is 5.09. The Morgan fingerprint density at radius 1 is 1.14 bits per heavy atom. The van der Waals surface area contributed by atoms with Gasteiger partial charge in [-0.25, -0.2) is 0 Å². The Balaban J connectivity index is 1.95. The maximum Gasteiger partial charge on any atom is 0.170 e. The van der Waals surface area contributed by atoms with E-state index in [1.807, 2.05) is 30.3 Å². The third-order valence-electron chi connectivity index (χ3n) is 3.54. The van der Waals surface area contributed by atoms with Crippen molar-refractivity contribution in [2.24, 2.45) is 10.9 Å². The van der Waals surface area contributed by atoms with Gasteiger partial charge in [0, 0.05) is 18.7 Å². The van der Waals surface area contributed by atoms with E-state index in [1.165, 1.54) is 5.56 Å². The Kier molecular flexibility index (Phi) is 5.35. The van der Waals surface area contributed by atoms with Crippen molar-refractivity contribution in [1.82, 2.24) is 5.32 Å². The van der Waals surface area contributed by atoms with Crippen LogP contribution in [0.4, 0.5) is 0 Å². The number of nitrogens with zero attached hydrogens (tertiary/aromatic N) is 1. The van der Waals surface area contributed by atoms with Gasteiger partial charge in [0.2, 0.25) is 0 Å². The van der Waals surface area contributed by atoms with Gasteiger partial charge >= 0.3 is 0 Å². The molecule has 0 aliphatic carbocycles. The fourth-order valence-electron chi connectivity index (χ4n) is 2.30. The minimum atomic E-state index is 0.142. The van der Waals surface area contributed by atoms with Gasteiger partial charge in [-0.2, -0.15) is 0 Å². The lowest BCUT2D eigenvalue weighted by Crippen LogP contribution is -2.22. The van der Waals surface area contributed by atoms with Crippen LogP contribution in [0.3, 0.4) is 0 Å². The first kappa shape index (κ1) is 15.1. The number of rotatable bonds is 6. The molecule has 21 heavy (non-hydrogen) atoms. The van der Waals surface area contributed by atoms with E-state index in [2.05, 4.69) is 41.7 Å². The van der Waals surface area contributed by atoms with Crippen LogP contribution in [0.2, 0.25) is 0 Å². The molecule has 0 saturated heterocycles. The normalized spacial score (nSPS) is 13.1. The molecule has 0 heterocycles. The number of hydrogen-bond donors (Lipinski definition) is 3. The summed E-state index contributed by atoms with van der Waals surface area (Å²) in [6, 6.07) is 18.1. The molecular formula is C17H21N3O. The van der Waals surface area contributed by atoms with Gasteiger partial charge in [0.15, 0.2) is 5.84 Å². The molecule has 2 aromatic carbocycles. The van der Waals surface area contributed by atoms with Gasteiger partial charge in [0.25, 0.3) is 0 Å². The second kappa shape index (κ2) is 7.45. The molecule has 4 N–H and O–H groups in total. The van der Waals surface area contributed by atoms with Crippen LogP contribution >= 0.6 is 0 Å². The summed E-state index contributed by atoms with van der Waals surface area (Å²) in [5.74, 6) is 0.575. The Morgan fingerprint density at radius 3 is 2.52 bits per heavy atom. The summed E-state index contributed by atoms with van der Waals surface area (Å²) in [5, 5.41) is 15.3. The summed E-state index contributed by atoms with van der Waals surface area (Å²) in [6.45, 7) is 3.75. The van der Waals surface area contributed by atoms with Crippen LogP contribution in [0.5, 0.6) is 0 Å². The second-order valence-electron chi connectivity index (χ2n) is 5.09. The van der Waals surface area contributed by atoms with Gasteiger partial charge in [-0.3, -0.25) is 0 Å². The van der Waals surface area contributed by atoms with Crippen molar-refractivity contribution in [3.05, 3.63) is 71.3 Å². The third-order valence-corrected chi connectivity index (χ3v) is 3.54. The number of oxime groups is 1. The largest absolute Gasteiger partial charge is 0.409 e. The Morgan fingerprint density at radius 2 is 1.81 bits per heavy atom. The summed E-state index contributed by atoms with van der Waals surface area (Å²) in [4.78, 5) is 0. The van der Waals surface area contributed by atoms with E-state index in [0.717, 1.165) is 17.7 Å². The first-order valence-electron chi connectivity index (χ1n) is 7.04. The van der Waals surface area contributed by atoms with Gasteiger partial charge in [-0.05, 0) is 17.0 Å². The molecule has 110 valence electrons. The van der Waals surface area contributed by atoms with Crippen molar-refractivity contribution in [2.45, 2.75) is 19.4 Å². The van der Waals surface area contributed by atoms with E-state index >= 15 is 0 Å². The molecule has 1 unspecified atom stereocenters. The molecule has 4 nitrogen and oxygen atoms in total. The van der Waals surface area contributed by atoms with Gasteiger partial charge in [-0.1, -0.05) is 66.7 Å². The zero-order valence-corrected chi connectivity index (χ0v) is 12.2. The van der Waals surface area contributed by atoms with Crippen molar-refractivity contribution in [2.75, 3.05) is 6.54 Å². The maximum absolute atomic E-state index is 8.82. The van der Waals surface area contributed by atoms with Crippen LogP contribution in [0.15, 0.2) is 59.8 Å². The van der Waals surface area contributed by atoms with E-state index in [9.17, 15) is 0 Å². The molecule has 2 aromatic rings. The van der Waals surface area contributed by atoms with E-state index in [4.69, 9.17) is 10.9 Å². The molecule has 4 heteroatoms. The Hall–Kier alpha value is -2.33. The molecule has 0 aliphatic rings. The van der Waals surface area contributed by atoms with Crippen LogP contribution in [0, 0.1) is 0 Å². The lowest BCUT2D eigenvalue weighted by atomic mass is 10.0. The van der Waals surface area contributed by atoms with E-state index in [-0.39, 0.29) is 5.84 Å². The molecule has 0 radical (unpaired) electrons. The molecule has 0 amide bonds. The van der Waals surface area contributed by atoms with Crippen LogP contribution in [-0.4, -0.2) is 17.6 Å². The van der Waals surface area contributed by atoms with Crippen LogP contribution in [0.25, 0.3) is 0 Å². The predicted molar refractivity (Wildman–Crippen MR) is 85.5 cm³/mol. The highest BCUT2D eigenvalue weighted by atomic mass is 16.4. The van der Waals surface area contributed by atoms with Crippen LogP contribution in [-0.2, 0) is 6.54 Å². The summed E-state index contributed by atoms with van der Waals surface area (Å²) in [7, 11) is 0. The van der Waals surface area contributed by atoms with Gasteiger partial charge < -0.3 is 16.3 Å². The van der Waals surface area contributed by atoms with E-state index in [0.29, 0.717) is 12.5 Å². The SMILES string of the molecule is CC(CNCc1ccccc1/C(N)=N/O)c1ccccc1. The number of nitrogens with one attached hydrogen (secondary N) is 1. The molecule has 0 aliphatic heterocycles.